The average molecular weight is 360 g/mol. The summed E-state index contributed by atoms with van der Waals surface area (Å²) in [6, 6.07) is 11.9. The first-order valence-corrected chi connectivity index (χ1v) is 9.59. The monoisotopic (exact) mass is 360 g/mol. The van der Waals surface area contributed by atoms with Crippen molar-refractivity contribution in [1.82, 2.24) is 4.31 Å². The normalized spacial score (nSPS) is 18.4. The fourth-order valence-corrected chi connectivity index (χ4v) is 5.35. The molecule has 0 aliphatic carbocycles. The van der Waals surface area contributed by atoms with E-state index < -0.39 is 14.9 Å². The Balaban J connectivity index is 2.09. The number of benzene rings is 2. The molecule has 132 valence electrons. The Bertz CT molecular complexity index is 910. The number of rotatable bonds is 4. The minimum absolute atomic E-state index is 0.0297. The number of nitrogens with zero attached hydrogens (tertiary/aromatic N) is 2. The summed E-state index contributed by atoms with van der Waals surface area (Å²) in [5, 5.41) is 11.1. The molecule has 1 heterocycles. The largest absolute Gasteiger partial charge is 0.271 e. The van der Waals surface area contributed by atoms with Gasteiger partial charge in [-0.3, -0.25) is 10.1 Å². The lowest BCUT2D eigenvalue weighted by Crippen LogP contribution is -2.31. The summed E-state index contributed by atoms with van der Waals surface area (Å²) >= 11 is 0. The van der Waals surface area contributed by atoms with Crippen molar-refractivity contribution in [2.75, 3.05) is 6.54 Å². The van der Waals surface area contributed by atoms with Gasteiger partial charge in [0.15, 0.2) is 0 Å². The molecule has 1 saturated heterocycles. The van der Waals surface area contributed by atoms with Crippen LogP contribution in [0.3, 0.4) is 0 Å². The van der Waals surface area contributed by atoms with Crippen LogP contribution in [0.2, 0.25) is 0 Å². The number of aryl methyl sites for hydroxylation is 1. The Kier molecular flexibility index (Phi) is 4.62. The highest BCUT2D eigenvalue weighted by Gasteiger charge is 2.37. The molecule has 0 radical (unpaired) electrons. The van der Waals surface area contributed by atoms with Gasteiger partial charge in [-0.05, 0) is 43.4 Å². The van der Waals surface area contributed by atoms with Gasteiger partial charge in [0.1, 0.15) is 0 Å². The third kappa shape index (κ3) is 3.17. The zero-order chi connectivity index (χ0) is 18.2. The second-order valence-corrected chi connectivity index (χ2v) is 8.19. The first kappa shape index (κ1) is 17.6. The zero-order valence-electron chi connectivity index (χ0n) is 14.2. The molecule has 1 aliphatic heterocycles. The van der Waals surface area contributed by atoms with Gasteiger partial charge >= 0.3 is 0 Å². The predicted molar refractivity (Wildman–Crippen MR) is 94.9 cm³/mol. The first-order valence-electron chi connectivity index (χ1n) is 8.15. The second kappa shape index (κ2) is 6.57. The molecular weight excluding hydrogens is 340 g/mol. The molecule has 0 saturated carbocycles. The Morgan fingerprint density at radius 1 is 1.16 bits per heavy atom. The molecule has 25 heavy (non-hydrogen) atoms. The van der Waals surface area contributed by atoms with Gasteiger partial charge in [0.25, 0.3) is 5.69 Å². The molecule has 7 heteroatoms. The Morgan fingerprint density at radius 3 is 2.48 bits per heavy atom. The van der Waals surface area contributed by atoms with Crippen molar-refractivity contribution in [2.45, 2.75) is 37.6 Å². The van der Waals surface area contributed by atoms with E-state index >= 15 is 0 Å². The lowest BCUT2D eigenvalue weighted by Gasteiger charge is -2.25. The molecule has 1 aliphatic rings. The van der Waals surface area contributed by atoms with Gasteiger partial charge in [0.05, 0.1) is 15.9 Å². The molecule has 6 nitrogen and oxygen atoms in total. The predicted octanol–water partition coefficient (Wildman–Crippen LogP) is 3.74. The molecule has 0 unspecified atom stereocenters. The van der Waals surface area contributed by atoms with E-state index in [4.69, 9.17) is 0 Å². The van der Waals surface area contributed by atoms with Gasteiger partial charge < -0.3 is 0 Å². The van der Waals surface area contributed by atoms with Crippen molar-refractivity contribution in [3.8, 4) is 0 Å². The molecule has 1 fully saturated rings. The maximum Gasteiger partial charge on any atom is 0.271 e. The number of non-ortho nitro benzene ring substituents is 1. The summed E-state index contributed by atoms with van der Waals surface area (Å²) in [4.78, 5) is 10.6. The van der Waals surface area contributed by atoms with Crippen LogP contribution in [0.25, 0.3) is 0 Å². The smallest absolute Gasteiger partial charge is 0.258 e. The lowest BCUT2D eigenvalue weighted by atomic mass is 10.1. The fourth-order valence-electron chi connectivity index (χ4n) is 3.34. The van der Waals surface area contributed by atoms with Crippen LogP contribution in [0.5, 0.6) is 0 Å². The first-order chi connectivity index (χ1) is 11.8. The van der Waals surface area contributed by atoms with E-state index in [-0.39, 0.29) is 16.6 Å². The maximum absolute atomic E-state index is 13.3. The van der Waals surface area contributed by atoms with Crippen molar-refractivity contribution < 1.29 is 13.3 Å². The maximum atomic E-state index is 13.3. The molecule has 0 bridgehead atoms. The van der Waals surface area contributed by atoms with Gasteiger partial charge in [0.2, 0.25) is 10.0 Å². The third-order valence-electron chi connectivity index (χ3n) is 4.79. The van der Waals surface area contributed by atoms with Crippen molar-refractivity contribution in [3.63, 3.8) is 0 Å². The van der Waals surface area contributed by atoms with Crippen LogP contribution < -0.4 is 0 Å². The van der Waals surface area contributed by atoms with E-state index in [1.807, 2.05) is 30.3 Å². The summed E-state index contributed by atoms with van der Waals surface area (Å²) in [6.45, 7) is 3.81. The molecule has 0 N–H and O–H groups in total. The molecule has 0 spiro atoms. The average Bonchev–Trinajstić information content (AvgIpc) is 3.08. The molecule has 2 aromatic rings. The van der Waals surface area contributed by atoms with Crippen LogP contribution >= 0.6 is 0 Å². The second-order valence-electron chi connectivity index (χ2n) is 6.33. The number of nitro benzene ring substituents is 1. The number of hydrogen-bond donors (Lipinski definition) is 0. The van der Waals surface area contributed by atoms with Gasteiger partial charge in [-0.15, -0.1) is 0 Å². The van der Waals surface area contributed by atoms with Gasteiger partial charge in [0, 0.05) is 18.7 Å². The molecule has 3 rings (SSSR count). The number of sulfonamides is 1. The lowest BCUT2D eigenvalue weighted by molar-refractivity contribution is -0.385. The Hall–Kier alpha value is -2.25. The Morgan fingerprint density at radius 2 is 1.84 bits per heavy atom. The van der Waals surface area contributed by atoms with Crippen LogP contribution in [0.1, 0.15) is 35.6 Å². The van der Waals surface area contributed by atoms with Crippen LogP contribution in [0.15, 0.2) is 47.4 Å². The van der Waals surface area contributed by atoms with E-state index in [1.165, 1.54) is 16.4 Å². The van der Waals surface area contributed by atoms with Crippen molar-refractivity contribution in [3.05, 3.63) is 69.3 Å². The molecular formula is C18H20N2O4S. The van der Waals surface area contributed by atoms with Crippen molar-refractivity contribution in [2.24, 2.45) is 0 Å². The fraction of sp³-hybridized carbons (Fsp3) is 0.333. The standard InChI is InChI=1S/C18H20N2O4S/c1-13-11-16(20(21)22)12-18(14(13)2)25(23,24)19-10-6-9-17(19)15-7-4-3-5-8-15/h3-5,7-8,11-12,17H,6,9-10H2,1-2H3/t17-/m1/s1. The van der Waals surface area contributed by atoms with Crippen molar-refractivity contribution in [1.29, 1.82) is 0 Å². The Labute approximate surface area is 147 Å². The molecule has 1 atom stereocenters. The summed E-state index contributed by atoms with van der Waals surface area (Å²) in [5.74, 6) is 0. The molecule has 0 aromatic heterocycles. The topological polar surface area (TPSA) is 80.5 Å². The van der Waals surface area contributed by atoms with E-state index in [1.54, 1.807) is 13.8 Å². The highest BCUT2D eigenvalue weighted by atomic mass is 32.2. The van der Waals surface area contributed by atoms with E-state index in [2.05, 4.69) is 0 Å². The number of nitro groups is 1. The van der Waals surface area contributed by atoms with Gasteiger partial charge in [-0.25, -0.2) is 8.42 Å². The van der Waals surface area contributed by atoms with Crippen LogP contribution in [0.4, 0.5) is 5.69 Å². The number of hydrogen-bond acceptors (Lipinski definition) is 4. The highest BCUT2D eigenvalue weighted by molar-refractivity contribution is 7.89. The third-order valence-corrected chi connectivity index (χ3v) is 6.82. The van der Waals surface area contributed by atoms with E-state index in [9.17, 15) is 18.5 Å². The van der Waals surface area contributed by atoms with E-state index in [0.717, 1.165) is 18.4 Å². The SMILES string of the molecule is Cc1cc([N+](=O)[O-])cc(S(=O)(=O)N2CCC[C@@H]2c2ccccc2)c1C. The molecule has 0 amide bonds. The van der Waals surface area contributed by atoms with Crippen LogP contribution in [-0.4, -0.2) is 24.2 Å². The quantitative estimate of drug-likeness (QED) is 0.614. The summed E-state index contributed by atoms with van der Waals surface area (Å²) in [6.07, 6.45) is 1.52. The molecule has 2 aromatic carbocycles. The minimum atomic E-state index is -3.82. The summed E-state index contributed by atoms with van der Waals surface area (Å²) in [5.41, 5.74) is 1.91. The van der Waals surface area contributed by atoms with E-state index in [0.29, 0.717) is 17.7 Å². The summed E-state index contributed by atoms with van der Waals surface area (Å²) < 4.78 is 28.0. The van der Waals surface area contributed by atoms with Gasteiger partial charge in [-0.2, -0.15) is 4.31 Å². The van der Waals surface area contributed by atoms with Crippen LogP contribution in [-0.2, 0) is 10.0 Å². The summed E-state index contributed by atoms with van der Waals surface area (Å²) in [7, 11) is -3.82. The van der Waals surface area contributed by atoms with Crippen molar-refractivity contribution >= 4 is 15.7 Å². The minimum Gasteiger partial charge on any atom is -0.258 e. The zero-order valence-corrected chi connectivity index (χ0v) is 15.0. The highest BCUT2D eigenvalue weighted by Crippen LogP contribution is 2.38. The van der Waals surface area contributed by atoms with Gasteiger partial charge in [-0.1, -0.05) is 30.3 Å². The van der Waals surface area contributed by atoms with Crippen LogP contribution in [0, 0.1) is 24.0 Å².